The number of fused-ring (bicyclic) bond motifs is 1. The van der Waals surface area contributed by atoms with E-state index in [1.54, 1.807) is 11.6 Å². The van der Waals surface area contributed by atoms with Crippen molar-refractivity contribution in [3.05, 3.63) is 54.1 Å². The maximum atomic E-state index is 9.83. The van der Waals surface area contributed by atoms with E-state index in [9.17, 15) is 5.11 Å². The van der Waals surface area contributed by atoms with Gasteiger partial charge in [0.15, 0.2) is 5.82 Å². The van der Waals surface area contributed by atoms with E-state index in [0.29, 0.717) is 11.6 Å². The Labute approximate surface area is 111 Å². The molecule has 19 heavy (non-hydrogen) atoms. The Hall–Kier alpha value is -2.20. The highest BCUT2D eigenvalue weighted by Gasteiger charge is 2.15. The van der Waals surface area contributed by atoms with Crippen LogP contribution in [0.5, 0.6) is 0 Å². The first-order chi connectivity index (χ1) is 9.16. The van der Waals surface area contributed by atoms with Crippen LogP contribution in [0.3, 0.4) is 0 Å². The molecule has 1 heterocycles. The van der Waals surface area contributed by atoms with Crippen molar-refractivity contribution in [1.29, 1.82) is 0 Å². The third kappa shape index (κ3) is 2.00. The van der Waals surface area contributed by atoms with Gasteiger partial charge < -0.3 is 5.11 Å². The predicted octanol–water partition coefficient (Wildman–Crippen LogP) is 2.78. The van der Waals surface area contributed by atoms with E-state index in [2.05, 4.69) is 22.2 Å². The molecule has 2 aromatic carbocycles. The summed E-state index contributed by atoms with van der Waals surface area (Å²) in [6, 6.07) is 14.2. The van der Waals surface area contributed by atoms with Crippen molar-refractivity contribution in [3.63, 3.8) is 0 Å². The van der Waals surface area contributed by atoms with Crippen LogP contribution in [0.15, 0.2) is 42.5 Å². The summed E-state index contributed by atoms with van der Waals surface area (Å²) in [5.74, 6) is 1.22. The van der Waals surface area contributed by atoms with Crippen LogP contribution in [0.1, 0.15) is 24.7 Å². The van der Waals surface area contributed by atoms with Crippen molar-refractivity contribution in [3.8, 4) is 5.69 Å². The average molecular weight is 253 g/mol. The largest absolute Gasteiger partial charge is 0.385 e. The number of nitrogens with zero attached hydrogens (tertiary/aromatic N) is 3. The number of hydrogen-bond acceptors (Lipinski definition) is 3. The fourth-order valence-electron chi connectivity index (χ4n) is 2.27. The van der Waals surface area contributed by atoms with E-state index >= 15 is 0 Å². The Bertz CT molecular complexity index is 726. The Balaban J connectivity index is 2.30. The number of rotatable bonds is 2. The van der Waals surface area contributed by atoms with Gasteiger partial charge in [-0.05, 0) is 25.3 Å². The van der Waals surface area contributed by atoms with Gasteiger partial charge in [-0.25, -0.2) is 9.67 Å². The molecular weight excluding hydrogens is 238 g/mol. The fraction of sp³-hybridized carbons (Fsp3) is 0.200. The van der Waals surface area contributed by atoms with Gasteiger partial charge in [-0.15, -0.1) is 0 Å². The van der Waals surface area contributed by atoms with E-state index < -0.39 is 6.10 Å². The number of aliphatic hydroxyl groups excluding tert-OH is 1. The van der Waals surface area contributed by atoms with Gasteiger partial charge in [0, 0.05) is 5.39 Å². The average Bonchev–Trinajstić information content (AvgIpc) is 2.80. The molecule has 0 fully saturated rings. The minimum Gasteiger partial charge on any atom is -0.385 e. The molecule has 0 bridgehead atoms. The van der Waals surface area contributed by atoms with E-state index in [-0.39, 0.29) is 0 Å². The zero-order chi connectivity index (χ0) is 13.4. The molecule has 1 atom stereocenters. The summed E-state index contributed by atoms with van der Waals surface area (Å²) >= 11 is 0. The molecule has 96 valence electrons. The second kappa shape index (κ2) is 4.48. The molecule has 0 unspecified atom stereocenters. The molecular formula is C15H15N3O. The summed E-state index contributed by atoms with van der Waals surface area (Å²) in [4.78, 5) is 4.30. The summed E-state index contributed by atoms with van der Waals surface area (Å²) in [6.07, 6.45) is -0.653. The topological polar surface area (TPSA) is 50.9 Å². The molecule has 0 amide bonds. The first kappa shape index (κ1) is 11.9. The molecule has 0 aliphatic heterocycles. The quantitative estimate of drug-likeness (QED) is 0.764. The minimum absolute atomic E-state index is 0.564. The second-order valence-electron chi connectivity index (χ2n) is 4.60. The highest BCUT2D eigenvalue weighted by atomic mass is 16.3. The molecule has 0 saturated carbocycles. The number of aromatic nitrogens is 3. The van der Waals surface area contributed by atoms with Crippen LogP contribution < -0.4 is 0 Å². The maximum Gasteiger partial charge on any atom is 0.160 e. The standard InChI is InChI=1S/C15H15N3O/c1-10(19)15-16-11(2)17-18(15)14-9-5-7-12-6-3-4-8-13(12)14/h3-10,19H,1-2H3/t10-/m0/s1. The lowest BCUT2D eigenvalue weighted by molar-refractivity contribution is 0.186. The first-order valence-corrected chi connectivity index (χ1v) is 6.26. The van der Waals surface area contributed by atoms with Gasteiger partial charge in [0.25, 0.3) is 0 Å². The van der Waals surface area contributed by atoms with Crippen LogP contribution in [0.4, 0.5) is 0 Å². The highest BCUT2D eigenvalue weighted by molar-refractivity contribution is 5.90. The van der Waals surface area contributed by atoms with Crippen LogP contribution in [0.2, 0.25) is 0 Å². The van der Waals surface area contributed by atoms with Crippen molar-refractivity contribution in [2.75, 3.05) is 0 Å². The van der Waals surface area contributed by atoms with E-state index in [0.717, 1.165) is 16.5 Å². The monoisotopic (exact) mass is 253 g/mol. The maximum absolute atomic E-state index is 9.83. The van der Waals surface area contributed by atoms with Crippen molar-refractivity contribution in [2.24, 2.45) is 0 Å². The Kier molecular flexibility index (Phi) is 2.80. The Morgan fingerprint density at radius 2 is 1.84 bits per heavy atom. The summed E-state index contributed by atoms with van der Waals surface area (Å²) < 4.78 is 1.72. The normalized spacial score (nSPS) is 12.8. The molecule has 0 radical (unpaired) electrons. The van der Waals surface area contributed by atoms with Gasteiger partial charge in [0.05, 0.1) is 5.69 Å². The third-order valence-corrected chi connectivity index (χ3v) is 3.11. The molecule has 3 rings (SSSR count). The molecule has 1 N–H and O–H groups in total. The van der Waals surface area contributed by atoms with E-state index in [1.807, 2.05) is 37.3 Å². The van der Waals surface area contributed by atoms with Crippen LogP contribution in [-0.4, -0.2) is 19.9 Å². The minimum atomic E-state index is -0.653. The molecule has 0 saturated heterocycles. The van der Waals surface area contributed by atoms with Crippen molar-refractivity contribution in [1.82, 2.24) is 14.8 Å². The van der Waals surface area contributed by atoms with Gasteiger partial charge >= 0.3 is 0 Å². The zero-order valence-electron chi connectivity index (χ0n) is 10.9. The number of hydrogen-bond donors (Lipinski definition) is 1. The van der Waals surface area contributed by atoms with E-state index in [4.69, 9.17) is 0 Å². The van der Waals surface area contributed by atoms with Crippen LogP contribution in [-0.2, 0) is 0 Å². The lowest BCUT2D eigenvalue weighted by atomic mass is 10.1. The Morgan fingerprint density at radius 3 is 2.63 bits per heavy atom. The first-order valence-electron chi connectivity index (χ1n) is 6.26. The lowest BCUT2D eigenvalue weighted by Crippen LogP contribution is -2.06. The van der Waals surface area contributed by atoms with Crippen molar-refractivity contribution >= 4 is 10.8 Å². The molecule has 4 heteroatoms. The molecule has 0 aliphatic rings. The van der Waals surface area contributed by atoms with Crippen molar-refractivity contribution < 1.29 is 5.11 Å². The predicted molar refractivity (Wildman–Crippen MR) is 74.2 cm³/mol. The molecule has 3 aromatic rings. The van der Waals surface area contributed by atoms with Crippen LogP contribution >= 0.6 is 0 Å². The van der Waals surface area contributed by atoms with E-state index in [1.165, 1.54) is 0 Å². The number of benzene rings is 2. The summed E-state index contributed by atoms with van der Waals surface area (Å²) in [5, 5.41) is 16.5. The van der Waals surface area contributed by atoms with Crippen molar-refractivity contribution in [2.45, 2.75) is 20.0 Å². The van der Waals surface area contributed by atoms with Gasteiger partial charge in [-0.3, -0.25) is 0 Å². The fourth-order valence-corrected chi connectivity index (χ4v) is 2.27. The number of aliphatic hydroxyl groups is 1. The SMILES string of the molecule is Cc1nc([C@H](C)O)n(-c2cccc3ccccc23)n1. The molecule has 0 spiro atoms. The van der Waals surface area contributed by atoms with Crippen LogP contribution in [0, 0.1) is 6.92 Å². The molecule has 1 aromatic heterocycles. The Morgan fingerprint density at radius 1 is 1.11 bits per heavy atom. The second-order valence-corrected chi connectivity index (χ2v) is 4.60. The van der Waals surface area contributed by atoms with Crippen LogP contribution in [0.25, 0.3) is 16.5 Å². The van der Waals surface area contributed by atoms with Gasteiger partial charge in [0.1, 0.15) is 11.9 Å². The summed E-state index contributed by atoms with van der Waals surface area (Å²) in [5.41, 5.74) is 0.939. The molecule has 0 aliphatic carbocycles. The zero-order valence-corrected chi connectivity index (χ0v) is 10.9. The lowest BCUT2D eigenvalue weighted by Gasteiger charge is -2.10. The highest BCUT2D eigenvalue weighted by Crippen LogP contribution is 2.24. The summed E-state index contributed by atoms with van der Waals surface area (Å²) in [6.45, 7) is 3.53. The summed E-state index contributed by atoms with van der Waals surface area (Å²) in [7, 11) is 0. The van der Waals surface area contributed by atoms with Gasteiger partial charge in [0.2, 0.25) is 0 Å². The number of aryl methyl sites for hydroxylation is 1. The molecule has 4 nitrogen and oxygen atoms in total. The van der Waals surface area contributed by atoms with Gasteiger partial charge in [-0.1, -0.05) is 36.4 Å². The smallest absolute Gasteiger partial charge is 0.160 e. The van der Waals surface area contributed by atoms with Gasteiger partial charge in [-0.2, -0.15) is 5.10 Å². The third-order valence-electron chi connectivity index (χ3n) is 3.11.